The monoisotopic (exact) mass is 193 g/mol. The van der Waals surface area contributed by atoms with E-state index in [1.54, 1.807) is 0 Å². The second kappa shape index (κ2) is 3.35. The van der Waals surface area contributed by atoms with Gasteiger partial charge in [0.25, 0.3) is 0 Å². The highest BCUT2D eigenvalue weighted by Crippen LogP contribution is 2.32. The van der Waals surface area contributed by atoms with Crippen molar-refractivity contribution < 1.29 is 4.52 Å². The van der Waals surface area contributed by atoms with Crippen LogP contribution >= 0.6 is 0 Å². The molecule has 0 aliphatic carbocycles. The number of nitrogens with one attached hydrogen (secondary N) is 1. The van der Waals surface area contributed by atoms with E-state index in [9.17, 15) is 0 Å². The molecule has 2 aliphatic rings. The number of fused-ring (bicyclic) bond motifs is 2. The van der Waals surface area contributed by atoms with Crippen LogP contribution in [0.4, 0.5) is 0 Å². The van der Waals surface area contributed by atoms with Crippen molar-refractivity contribution in [3.8, 4) is 0 Å². The smallest absolute Gasteiger partial charge is 0.226 e. The Kier molecular flexibility index (Phi) is 2.01. The van der Waals surface area contributed by atoms with Crippen LogP contribution in [0, 0.1) is 5.92 Å². The van der Waals surface area contributed by atoms with Crippen LogP contribution in [-0.4, -0.2) is 22.2 Å². The molecule has 14 heavy (non-hydrogen) atoms. The maximum atomic E-state index is 5.05. The van der Waals surface area contributed by atoms with Gasteiger partial charge in [-0.2, -0.15) is 4.98 Å². The number of hydrogen-bond donors (Lipinski definition) is 1. The van der Waals surface area contributed by atoms with E-state index in [4.69, 9.17) is 4.52 Å². The predicted octanol–water partition coefficient (Wildman–Crippen LogP) is 1.14. The van der Waals surface area contributed by atoms with Gasteiger partial charge in [0.2, 0.25) is 5.89 Å². The molecule has 2 atom stereocenters. The van der Waals surface area contributed by atoms with E-state index in [1.165, 1.54) is 32.0 Å². The van der Waals surface area contributed by atoms with Gasteiger partial charge in [-0.1, -0.05) is 5.16 Å². The van der Waals surface area contributed by atoms with Gasteiger partial charge in [-0.15, -0.1) is 0 Å². The molecule has 0 spiro atoms. The molecular formula is C10H15N3O. The summed E-state index contributed by atoms with van der Waals surface area (Å²) in [6, 6.07) is 1.50. The number of piperidine rings is 1. The second-order valence-electron chi connectivity index (χ2n) is 4.51. The molecule has 3 rings (SSSR count). The summed E-state index contributed by atoms with van der Waals surface area (Å²) in [5.41, 5.74) is 0. The van der Waals surface area contributed by atoms with Crippen LogP contribution in [0.5, 0.6) is 0 Å². The average molecular weight is 193 g/mol. The molecule has 1 N–H and O–H groups in total. The minimum absolute atomic E-state index is 0.745. The lowest BCUT2D eigenvalue weighted by Crippen LogP contribution is -2.38. The molecule has 0 aromatic carbocycles. The van der Waals surface area contributed by atoms with Crippen LogP contribution in [0.1, 0.15) is 31.6 Å². The normalized spacial score (nSPS) is 36.1. The van der Waals surface area contributed by atoms with Gasteiger partial charge in [0, 0.05) is 18.5 Å². The van der Waals surface area contributed by atoms with Crippen molar-refractivity contribution in [1.29, 1.82) is 0 Å². The summed E-state index contributed by atoms with van der Waals surface area (Å²) in [5, 5.41) is 7.27. The zero-order valence-corrected chi connectivity index (χ0v) is 8.15. The molecular weight excluding hydrogens is 178 g/mol. The highest BCUT2D eigenvalue weighted by atomic mass is 16.5. The molecule has 1 aromatic heterocycles. The molecule has 2 fully saturated rings. The molecule has 0 saturated carbocycles. The van der Waals surface area contributed by atoms with Crippen molar-refractivity contribution in [1.82, 2.24) is 15.5 Å². The standard InChI is InChI=1S/C10H15N3O/c1-2-9-4-7(3-8(1)13-9)5-10-11-6-12-14-10/h6-9,13H,1-5H2. The van der Waals surface area contributed by atoms with E-state index in [-0.39, 0.29) is 0 Å². The van der Waals surface area contributed by atoms with Crippen LogP contribution in [0.15, 0.2) is 10.9 Å². The maximum absolute atomic E-state index is 5.05. The number of rotatable bonds is 2. The fraction of sp³-hybridized carbons (Fsp3) is 0.800. The summed E-state index contributed by atoms with van der Waals surface area (Å²) >= 11 is 0. The topological polar surface area (TPSA) is 51.0 Å². The first kappa shape index (κ1) is 8.41. The average Bonchev–Trinajstić information content (AvgIpc) is 2.77. The highest BCUT2D eigenvalue weighted by Gasteiger charge is 2.33. The first-order chi connectivity index (χ1) is 6.90. The second-order valence-corrected chi connectivity index (χ2v) is 4.51. The van der Waals surface area contributed by atoms with Gasteiger partial charge < -0.3 is 9.84 Å². The van der Waals surface area contributed by atoms with Gasteiger partial charge in [-0.25, -0.2) is 0 Å². The van der Waals surface area contributed by atoms with Crippen LogP contribution in [0.2, 0.25) is 0 Å². The van der Waals surface area contributed by atoms with E-state index >= 15 is 0 Å². The SMILES string of the molecule is c1noc(CC2CC3CCC(C2)N3)n1. The Hall–Kier alpha value is -0.900. The largest absolute Gasteiger partial charge is 0.340 e. The quantitative estimate of drug-likeness (QED) is 0.765. The van der Waals surface area contributed by atoms with Gasteiger partial charge in [0.05, 0.1) is 0 Å². The van der Waals surface area contributed by atoms with Crippen LogP contribution in [0.25, 0.3) is 0 Å². The minimum atomic E-state index is 0.745. The Balaban J connectivity index is 1.64. The number of nitrogens with zero attached hydrogens (tertiary/aromatic N) is 2. The van der Waals surface area contributed by atoms with Crippen LogP contribution in [-0.2, 0) is 6.42 Å². The number of hydrogen-bond acceptors (Lipinski definition) is 4. The summed E-state index contributed by atoms with van der Waals surface area (Å²) in [5.74, 6) is 1.55. The lowest BCUT2D eigenvalue weighted by Gasteiger charge is -2.27. The Bertz CT molecular complexity index is 286. The van der Waals surface area contributed by atoms with E-state index in [2.05, 4.69) is 15.5 Å². The van der Waals surface area contributed by atoms with Gasteiger partial charge in [0.15, 0.2) is 6.33 Å². The Morgan fingerprint density at radius 2 is 2.14 bits per heavy atom. The van der Waals surface area contributed by atoms with E-state index < -0.39 is 0 Å². The van der Waals surface area contributed by atoms with Crippen molar-refractivity contribution in [2.75, 3.05) is 0 Å². The zero-order valence-electron chi connectivity index (χ0n) is 8.15. The first-order valence-electron chi connectivity index (χ1n) is 5.42. The lowest BCUT2D eigenvalue weighted by molar-refractivity contribution is 0.270. The van der Waals surface area contributed by atoms with E-state index in [1.807, 2.05) is 0 Å². The van der Waals surface area contributed by atoms with Crippen molar-refractivity contribution >= 4 is 0 Å². The molecule has 0 amide bonds. The van der Waals surface area contributed by atoms with Gasteiger partial charge in [-0.3, -0.25) is 0 Å². The van der Waals surface area contributed by atoms with Crippen molar-refractivity contribution in [2.24, 2.45) is 5.92 Å². The lowest BCUT2D eigenvalue weighted by atomic mass is 9.90. The molecule has 2 bridgehead atoms. The molecule has 4 nitrogen and oxygen atoms in total. The summed E-state index contributed by atoms with van der Waals surface area (Å²) < 4.78 is 5.05. The summed E-state index contributed by atoms with van der Waals surface area (Å²) in [6.07, 6.45) is 7.72. The fourth-order valence-corrected chi connectivity index (χ4v) is 2.87. The van der Waals surface area contributed by atoms with Crippen LogP contribution < -0.4 is 5.32 Å². The highest BCUT2D eigenvalue weighted by molar-refractivity contribution is 4.94. The Labute approximate surface area is 83.1 Å². The third-order valence-electron chi connectivity index (χ3n) is 3.44. The molecule has 2 unspecified atom stereocenters. The van der Waals surface area contributed by atoms with Crippen LogP contribution in [0.3, 0.4) is 0 Å². The van der Waals surface area contributed by atoms with Crippen molar-refractivity contribution in [2.45, 2.75) is 44.2 Å². The van der Waals surface area contributed by atoms with E-state index in [0.717, 1.165) is 30.3 Å². The van der Waals surface area contributed by atoms with Crippen molar-refractivity contribution in [3.05, 3.63) is 12.2 Å². The molecule has 3 heterocycles. The summed E-state index contributed by atoms with van der Waals surface area (Å²) in [7, 11) is 0. The predicted molar refractivity (Wildman–Crippen MR) is 50.7 cm³/mol. The summed E-state index contributed by atoms with van der Waals surface area (Å²) in [4.78, 5) is 4.08. The van der Waals surface area contributed by atoms with Crippen molar-refractivity contribution in [3.63, 3.8) is 0 Å². The third kappa shape index (κ3) is 1.54. The fourth-order valence-electron chi connectivity index (χ4n) is 2.87. The molecule has 2 aliphatic heterocycles. The maximum Gasteiger partial charge on any atom is 0.226 e. The van der Waals surface area contributed by atoms with E-state index in [0.29, 0.717) is 0 Å². The number of aromatic nitrogens is 2. The molecule has 4 heteroatoms. The minimum Gasteiger partial charge on any atom is -0.340 e. The molecule has 1 aromatic rings. The Morgan fingerprint density at radius 3 is 2.79 bits per heavy atom. The van der Waals surface area contributed by atoms with Gasteiger partial charge >= 0.3 is 0 Å². The zero-order chi connectivity index (χ0) is 9.38. The molecule has 0 radical (unpaired) electrons. The Morgan fingerprint density at radius 1 is 1.36 bits per heavy atom. The summed E-state index contributed by atoms with van der Waals surface area (Å²) in [6.45, 7) is 0. The third-order valence-corrected chi connectivity index (χ3v) is 3.44. The molecule has 76 valence electrons. The molecule has 2 saturated heterocycles. The van der Waals surface area contributed by atoms with Gasteiger partial charge in [0.1, 0.15) is 0 Å². The first-order valence-corrected chi connectivity index (χ1v) is 5.42. The van der Waals surface area contributed by atoms with Gasteiger partial charge in [-0.05, 0) is 31.6 Å².